The van der Waals surface area contributed by atoms with Crippen molar-refractivity contribution in [3.63, 3.8) is 0 Å². The van der Waals surface area contributed by atoms with Gasteiger partial charge in [0.25, 0.3) is 0 Å². The molecule has 0 saturated heterocycles. The zero-order chi connectivity index (χ0) is 17.7. The summed E-state index contributed by atoms with van der Waals surface area (Å²) in [6.45, 7) is 3.73. The van der Waals surface area contributed by atoms with Gasteiger partial charge in [-0.25, -0.2) is 13.8 Å². The van der Waals surface area contributed by atoms with Crippen molar-refractivity contribution in [3.05, 3.63) is 34.9 Å². The topological polar surface area (TPSA) is 47.9 Å². The Hall–Kier alpha value is -2.18. The van der Waals surface area contributed by atoms with Crippen LogP contribution in [0.4, 0.5) is 8.78 Å². The van der Waals surface area contributed by atoms with E-state index in [2.05, 4.69) is 10.3 Å². The van der Waals surface area contributed by atoms with E-state index in [4.69, 9.17) is 0 Å². The fraction of sp³-hybridized carbons (Fsp3) is 0.529. The molecular weight excluding hydrogens is 314 g/mol. The number of hydrogen-bond donors (Lipinski definition) is 1. The highest BCUT2D eigenvalue weighted by Gasteiger charge is 2.22. The third kappa shape index (κ3) is 4.43. The number of nitrogens with zero attached hydrogens (tertiary/aromatic N) is 3. The quantitative estimate of drug-likeness (QED) is 0.672. The number of nitrogens with one attached hydrogen (secondary N) is 1. The van der Waals surface area contributed by atoms with E-state index < -0.39 is 11.6 Å². The molecule has 0 aromatic heterocycles. The van der Waals surface area contributed by atoms with Crippen molar-refractivity contribution in [2.75, 3.05) is 33.7 Å². The fourth-order valence-corrected chi connectivity index (χ4v) is 2.58. The second kappa shape index (κ2) is 8.08. The van der Waals surface area contributed by atoms with Crippen molar-refractivity contribution < 1.29 is 13.6 Å². The van der Waals surface area contributed by atoms with E-state index >= 15 is 0 Å². The van der Waals surface area contributed by atoms with Gasteiger partial charge in [0.1, 0.15) is 18.2 Å². The highest BCUT2D eigenvalue weighted by atomic mass is 19.1. The first-order chi connectivity index (χ1) is 11.4. The lowest BCUT2D eigenvalue weighted by Crippen LogP contribution is -2.45. The minimum Gasteiger partial charge on any atom is -0.356 e. The summed E-state index contributed by atoms with van der Waals surface area (Å²) in [5, 5.41) is 3.21. The number of guanidine groups is 1. The van der Waals surface area contributed by atoms with Crippen molar-refractivity contribution in [2.45, 2.75) is 26.3 Å². The van der Waals surface area contributed by atoms with Gasteiger partial charge in [0.2, 0.25) is 5.91 Å². The van der Waals surface area contributed by atoms with Crippen LogP contribution in [-0.2, 0) is 17.8 Å². The van der Waals surface area contributed by atoms with Gasteiger partial charge in [0.15, 0.2) is 5.96 Å². The van der Waals surface area contributed by atoms with Gasteiger partial charge in [0, 0.05) is 39.8 Å². The average molecular weight is 338 g/mol. The molecule has 0 unspecified atom stereocenters. The zero-order valence-corrected chi connectivity index (χ0v) is 14.4. The molecule has 1 aliphatic rings. The molecule has 0 aliphatic carbocycles. The normalized spacial score (nSPS) is 14.4. The van der Waals surface area contributed by atoms with Gasteiger partial charge in [-0.3, -0.25) is 4.79 Å². The van der Waals surface area contributed by atoms with Crippen molar-refractivity contribution in [2.24, 2.45) is 4.99 Å². The van der Waals surface area contributed by atoms with Crippen molar-refractivity contribution in [1.29, 1.82) is 0 Å². The third-order valence-corrected chi connectivity index (χ3v) is 3.94. The van der Waals surface area contributed by atoms with Gasteiger partial charge in [-0.1, -0.05) is 6.92 Å². The van der Waals surface area contributed by atoms with Gasteiger partial charge in [-0.2, -0.15) is 0 Å². The minimum atomic E-state index is -0.573. The number of aliphatic imine (C=N–C) groups is 1. The van der Waals surface area contributed by atoms with Crippen LogP contribution in [0, 0.1) is 11.6 Å². The predicted octanol–water partition coefficient (Wildman–Crippen LogP) is 1.77. The van der Waals surface area contributed by atoms with E-state index in [1.54, 1.807) is 14.1 Å². The number of rotatable bonds is 4. The largest absolute Gasteiger partial charge is 0.356 e. The smallest absolute Gasteiger partial charge is 0.243 e. The molecule has 2 rings (SSSR count). The van der Waals surface area contributed by atoms with E-state index in [0.717, 1.165) is 19.0 Å². The fourth-order valence-electron chi connectivity index (χ4n) is 2.58. The van der Waals surface area contributed by atoms with Crippen LogP contribution in [0.5, 0.6) is 0 Å². The van der Waals surface area contributed by atoms with Gasteiger partial charge < -0.3 is 15.1 Å². The number of amides is 1. The van der Waals surface area contributed by atoms with Gasteiger partial charge >= 0.3 is 0 Å². The Morgan fingerprint density at radius 1 is 1.38 bits per heavy atom. The van der Waals surface area contributed by atoms with Gasteiger partial charge in [0.05, 0.1) is 0 Å². The molecule has 0 fully saturated rings. The molecule has 1 heterocycles. The van der Waals surface area contributed by atoms with E-state index in [9.17, 15) is 13.6 Å². The molecule has 1 aromatic rings. The molecular formula is C17H24F2N4O. The van der Waals surface area contributed by atoms with Gasteiger partial charge in [-0.05, 0) is 30.0 Å². The molecule has 5 nitrogen and oxygen atoms in total. The zero-order valence-electron chi connectivity index (χ0n) is 14.4. The first-order valence-corrected chi connectivity index (χ1v) is 8.12. The molecule has 0 saturated carbocycles. The predicted molar refractivity (Wildman–Crippen MR) is 89.8 cm³/mol. The molecule has 1 aliphatic heterocycles. The maximum absolute atomic E-state index is 13.9. The van der Waals surface area contributed by atoms with E-state index in [-0.39, 0.29) is 12.5 Å². The van der Waals surface area contributed by atoms with Crippen LogP contribution in [0.2, 0.25) is 0 Å². The molecule has 7 heteroatoms. The monoisotopic (exact) mass is 338 g/mol. The summed E-state index contributed by atoms with van der Waals surface area (Å²) < 4.78 is 27.3. The van der Waals surface area contributed by atoms with Gasteiger partial charge in [-0.15, -0.1) is 0 Å². The summed E-state index contributed by atoms with van der Waals surface area (Å²) in [5.74, 6) is -0.564. The Bertz CT molecular complexity index is 631. The highest BCUT2D eigenvalue weighted by molar-refractivity contribution is 5.85. The van der Waals surface area contributed by atoms with Crippen LogP contribution in [0.15, 0.2) is 17.1 Å². The Morgan fingerprint density at radius 2 is 2.12 bits per heavy atom. The average Bonchev–Trinajstić information content (AvgIpc) is 2.53. The summed E-state index contributed by atoms with van der Waals surface area (Å²) in [7, 11) is 3.36. The minimum absolute atomic E-state index is 0.0416. The van der Waals surface area contributed by atoms with Crippen LogP contribution in [-0.4, -0.2) is 55.4 Å². The molecule has 132 valence electrons. The van der Waals surface area contributed by atoms with E-state index in [1.807, 2.05) is 11.8 Å². The van der Waals surface area contributed by atoms with E-state index in [0.29, 0.717) is 36.6 Å². The number of carbonyl (C=O) groups excluding carboxylic acids is 1. The maximum Gasteiger partial charge on any atom is 0.243 e. The Labute approximate surface area is 141 Å². The number of fused-ring (bicyclic) bond motifs is 1. The number of benzene rings is 1. The molecule has 1 N–H and O–H groups in total. The highest BCUT2D eigenvalue weighted by Crippen LogP contribution is 2.23. The molecule has 1 aromatic carbocycles. The van der Waals surface area contributed by atoms with Crippen LogP contribution in [0.3, 0.4) is 0 Å². The van der Waals surface area contributed by atoms with Crippen LogP contribution in [0.25, 0.3) is 0 Å². The third-order valence-electron chi connectivity index (χ3n) is 3.94. The molecule has 1 amide bonds. The number of halogens is 2. The lowest BCUT2D eigenvalue weighted by atomic mass is 9.99. The van der Waals surface area contributed by atoms with Crippen molar-refractivity contribution in [3.8, 4) is 0 Å². The molecule has 0 bridgehead atoms. The summed E-state index contributed by atoms with van der Waals surface area (Å²) in [6, 6.07) is 2.29. The summed E-state index contributed by atoms with van der Waals surface area (Å²) >= 11 is 0. The molecule has 0 spiro atoms. The van der Waals surface area contributed by atoms with Crippen LogP contribution in [0.1, 0.15) is 24.5 Å². The SMILES string of the molecule is CCCNC(=NCC(=O)N(C)C)N1CCc2c(F)cc(F)cc2C1. The lowest BCUT2D eigenvalue weighted by Gasteiger charge is -2.32. The Balaban J connectivity index is 2.18. The van der Waals surface area contributed by atoms with Crippen LogP contribution >= 0.6 is 0 Å². The van der Waals surface area contributed by atoms with Crippen LogP contribution < -0.4 is 5.32 Å². The molecule has 24 heavy (non-hydrogen) atoms. The number of carbonyl (C=O) groups is 1. The summed E-state index contributed by atoms with van der Waals surface area (Å²) in [5.41, 5.74) is 1.19. The Kier molecular flexibility index (Phi) is 6.11. The Morgan fingerprint density at radius 3 is 2.79 bits per heavy atom. The summed E-state index contributed by atoms with van der Waals surface area (Å²) in [6.07, 6.45) is 1.39. The summed E-state index contributed by atoms with van der Waals surface area (Å²) in [4.78, 5) is 19.6. The van der Waals surface area contributed by atoms with Crippen molar-refractivity contribution in [1.82, 2.24) is 15.1 Å². The lowest BCUT2D eigenvalue weighted by molar-refractivity contribution is -0.127. The first kappa shape index (κ1) is 18.2. The number of likely N-dealkylation sites (N-methyl/N-ethyl adjacent to an activating group) is 1. The standard InChI is InChI=1S/C17H24F2N4O/c1-4-6-20-17(21-10-16(24)22(2)3)23-7-5-14-12(11-23)8-13(18)9-15(14)19/h8-9H,4-7,10-11H2,1-3H3,(H,20,21). The maximum atomic E-state index is 13.9. The second-order valence-electron chi connectivity index (χ2n) is 6.05. The van der Waals surface area contributed by atoms with E-state index in [1.165, 1.54) is 11.0 Å². The molecule has 0 atom stereocenters. The number of hydrogen-bond acceptors (Lipinski definition) is 2. The van der Waals surface area contributed by atoms with Crippen molar-refractivity contribution >= 4 is 11.9 Å². The second-order valence-corrected chi connectivity index (χ2v) is 6.05. The first-order valence-electron chi connectivity index (χ1n) is 8.12. The molecule has 0 radical (unpaired) electrons.